The molecule has 0 saturated heterocycles. The molecule has 238 valence electrons. The highest BCUT2D eigenvalue weighted by molar-refractivity contribution is 7.25. The number of fused-ring (bicyclic) bond motifs is 9. The molecule has 0 N–H and O–H groups in total. The van der Waals surface area contributed by atoms with Crippen molar-refractivity contribution in [3.05, 3.63) is 163 Å². The van der Waals surface area contributed by atoms with Gasteiger partial charge >= 0.3 is 0 Å². The average molecular weight is 686 g/mol. The van der Waals surface area contributed by atoms with E-state index in [-0.39, 0.29) is 49.4 Å². The monoisotopic (exact) mass is 685 g/mol. The standard InChI is InChI=1S/C45H27N5S/c1-6-16-37-31(11-1)32-12-2-7-17-38(32)49(37)44-46-43(47-45(48-44)50-39-18-8-3-13-33(39)34-14-4-9-19-40(34)50)29-23-21-28(22-24-29)30-25-26-42-36(27-30)35-15-5-10-20-41(35)51-42/h1-27H/i1D,2D,3D,4D,6D,7D,8D,9D,11D,12D,13D,14D,16D,17D,18D,19D. The molecule has 0 fully saturated rings. The molecule has 11 rings (SSSR count). The Hall–Kier alpha value is -6.63. The van der Waals surface area contributed by atoms with E-state index in [1.54, 1.807) is 23.5 Å². The maximum absolute atomic E-state index is 9.13. The van der Waals surface area contributed by atoms with Crippen LogP contribution in [-0.2, 0) is 0 Å². The van der Waals surface area contributed by atoms with Crippen LogP contribution in [0.15, 0.2) is 163 Å². The molecule has 0 saturated carbocycles. The number of hydrogen-bond acceptors (Lipinski definition) is 4. The maximum atomic E-state index is 9.13. The number of rotatable bonds is 4. The average Bonchev–Trinajstić information content (AvgIpc) is 4.02. The topological polar surface area (TPSA) is 48.5 Å². The minimum atomic E-state index is -0.690. The smallest absolute Gasteiger partial charge is 0.240 e. The molecular formula is C45H27N5S. The van der Waals surface area contributed by atoms with Crippen molar-refractivity contribution in [3.63, 3.8) is 0 Å². The van der Waals surface area contributed by atoms with Crippen LogP contribution in [0, 0.1) is 0 Å². The van der Waals surface area contributed by atoms with E-state index < -0.39 is 109 Å². The van der Waals surface area contributed by atoms with Crippen molar-refractivity contribution in [2.75, 3.05) is 0 Å². The predicted molar refractivity (Wildman–Crippen MR) is 212 cm³/mol. The molecule has 0 aliphatic heterocycles. The van der Waals surface area contributed by atoms with Crippen molar-refractivity contribution in [2.24, 2.45) is 0 Å². The first-order valence-electron chi connectivity index (χ1n) is 23.7. The van der Waals surface area contributed by atoms with Crippen LogP contribution in [0.2, 0.25) is 0 Å². The number of benzene rings is 7. The fourth-order valence-corrected chi connectivity index (χ4v) is 7.73. The number of nitrogens with zero attached hydrogens (tertiary/aromatic N) is 5. The van der Waals surface area contributed by atoms with Crippen LogP contribution < -0.4 is 0 Å². The van der Waals surface area contributed by atoms with E-state index in [4.69, 9.17) is 36.9 Å². The fraction of sp³-hybridized carbons (Fsp3) is 0. The second-order valence-electron chi connectivity index (χ2n) is 11.7. The van der Waals surface area contributed by atoms with Gasteiger partial charge in [-0.05, 0) is 53.5 Å². The molecule has 0 radical (unpaired) electrons. The van der Waals surface area contributed by atoms with E-state index in [0.29, 0.717) is 5.56 Å². The Bertz CT molecular complexity index is 3730. The van der Waals surface area contributed by atoms with Crippen molar-refractivity contribution in [1.82, 2.24) is 24.1 Å². The number of para-hydroxylation sites is 4. The third-order valence-corrected chi connectivity index (χ3v) is 10.1. The van der Waals surface area contributed by atoms with Gasteiger partial charge in [-0.2, -0.15) is 15.0 Å². The predicted octanol–water partition coefficient (Wildman–Crippen LogP) is 11.8. The minimum Gasteiger partial charge on any atom is -0.278 e. The molecule has 0 atom stereocenters. The highest BCUT2D eigenvalue weighted by Crippen LogP contribution is 2.38. The molecule has 0 bridgehead atoms. The number of hydrogen-bond donors (Lipinski definition) is 0. The summed E-state index contributed by atoms with van der Waals surface area (Å²) in [6.45, 7) is 0. The Labute approximate surface area is 318 Å². The molecule has 4 aromatic heterocycles. The lowest BCUT2D eigenvalue weighted by atomic mass is 10.0. The van der Waals surface area contributed by atoms with Gasteiger partial charge in [-0.15, -0.1) is 11.3 Å². The normalized spacial score (nSPS) is 16.3. The molecule has 5 nitrogen and oxygen atoms in total. The second-order valence-corrected chi connectivity index (χ2v) is 12.8. The first-order valence-corrected chi connectivity index (χ1v) is 16.5. The molecule has 11 aromatic rings. The molecule has 0 spiro atoms. The van der Waals surface area contributed by atoms with Crippen LogP contribution in [0.4, 0.5) is 0 Å². The van der Waals surface area contributed by atoms with E-state index in [0.717, 1.165) is 40.4 Å². The minimum absolute atomic E-state index is 0.126. The van der Waals surface area contributed by atoms with E-state index in [2.05, 4.69) is 24.3 Å². The Balaban J connectivity index is 1.27. The lowest BCUT2D eigenvalue weighted by Crippen LogP contribution is -2.10. The SMILES string of the molecule is [2H]c1c([2H])c([2H])c2c(c1[2H])c1c([2H])c([2H])c([2H])c([2H])c1n2-c1nc(-c2ccc(-c3ccc4sc5ccccc5c4c3)cc2)nc(-n2c3c([2H])c([2H])c([2H])c([2H])c3c3c([2H])c([2H])c([2H])c([2H])c32)n1. The van der Waals surface area contributed by atoms with Gasteiger partial charge in [0.1, 0.15) is 0 Å². The first kappa shape index (κ1) is 16.9. The van der Waals surface area contributed by atoms with E-state index in [1.807, 2.05) is 30.3 Å². The van der Waals surface area contributed by atoms with Crippen molar-refractivity contribution in [1.29, 1.82) is 0 Å². The first-order chi connectivity index (χ1) is 31.9. The Morgan fingerprint density at radius 3 is 1.41 bits per heavy atom. The van der Waals surface area contributed by atoms with Crippen molar-refractivity contribution < 1.29 is 21.9 Å². The third-order valence-electron chi connectivity index (χ3n) is 8.93. The Morgan fingerprint density at radius 1 is 0.412 bits per heavy atom. The van der Waals surface area contributed by atoms with E-state index in [1.165, 1.54) is 0 Å². The van der Waals surface area contributed by atoms with Gasteiger partial charge in [-0.1, -0.05) is 121 Å². The lowest BCUT2D eigenvalue weighted by molar-refractivity contribution is 0.893. The summed E-state index contributed by atoms with van der Waals surface area (Å²) in [5.74, 6) is -1.03. The summed E-state index contributed by atoms with van der Waals surface area (Å²) < 4.78 is 146. The molecule has 0 aliphatic carbocycles. The summed E-state index contributed by atoms with van der Waals surface area (Å²) in [6, 6.07) is 11.0. The fourth-order valence-electron chi connectivity index (χ4n) is 6.64. The zero-order chi connectivity index (χ0) is 47.4. The quantitative estimate of drug-likeness (QED) is 0.185. The summed E-state index contributed by atoms with van der Waals surface area (Å²) in [6.07, 6.45) is 0. The van der Waals surface area contributed by atoms with Gasteiger partial charge < -0.3 is 0 Å². The van der Waals surface area contributed by atoms with Gasteiger partial charge in [0.15, 0.2) is 5.82 Å². The molecule has 6 heteroatoms. The molecule has 7 aromatic carbocycles. The molecular weight excluding hydrogens is 643 g/mol. The van der Waals surface area contributed by atoms with Crippen LogP contribution >= 0.6 is 11.3 Å². The maximum Gasteiger partial charge on any atom is 0.240 e. The molecule has 0 aliphatic rings. The zero-order valence-corrected chi connectivity index (χ0v) is 26.8. The van der Waals surface area contributed by atoms with Gasteiger partial charge in [0.25, 0.3) is 0 Å². The zero-order valence-electron chi connectivity index (χ0n) is 42.0. The number of thiophene rings is 1. The molecule has 4 heterocycles. The second kappa shape index (κ2) is 10.9. The van der Waals surface area contributed by atoms with Crippen molar-refractivity contribution in [3.8, 4) is 34.4 Å². The molecule has 51 heavy (non-hydrogen) atoms. The van der Waals surface area contributed by atoms with Gasteiger partial charge in [-0.25, -0.2) is 0 Å². The van der Waals surface area contributed by atoms with Crippen LogP contribution in [0.5, 0.6) is 0 Å². The summed E-state index contributed by atoms with van der Waals surface area (Å²) in [5, 5.41) is 1.18. The van der Waals surface area contributed by atoms with Crippen molar-refractivity contribution in [2.45, 2.75) is 0 Å². The van der Waals surface area contributed by atoms with Gasteiger partial charge in [-0.3, -0.25) is 9.13 Å². The third kappa shape index (κ3) is 4.30. The summed E-state index contributed by atoms with van der Waals surface area (Å²) in [4.78, 5) is 14.3. The highest BCUT2D eigenvalue weighted by Gasteiger charge is 2.20. The molecule has 0 unspecified atom stereocenters. The summed E-state index contributed by atoms with van der Waals surface area (Å²) in [5.41, 5.74) is 0.816. The van der Waals surface area contributed by atoms with Crippen LogP contribution in [0.25, 0.3) is 98.2 Å². The lowest BCUT2D eigenvalue weighted by Gasteiger charge is -2.13. The van der Waals surface area contributed by atoms with Crippen LogP contribution in [0.1, 0.15) is 21.9 Å². The Kier molecular flexibility index (Phi) is 3.61. The summed E-state index contributed by atoms with van der Waals surface area (Å²) >= 11 is 1.69. The Morgan fingerprint density at radius 2 is 0.863 bits per heavy atom. The number of aromatic nitrogens is 5. The van der Waals surface area contributed by atoms with Crippen LogP contribution in [-0.4, -0.2) is 24.1 Å². The molecule has 0 amide bonds. The summed E-state index contributed by atoms with van der Waals surface area (Å²) in [7, 11) is 0. The van der Waals surface area contributed by atoms with Gasteiger partial charge in [0, 0.05) is 47.3 Å². The van der Waals surface area contributed by atoms with Gasteiger partial charge in [0.05, 0.1) is 44.0 Å². The van der Waals surface area contributed by atoms with Crippen LogP contribution in [0.3, 0.4) is 0 Å². The van der Waals surface area contributed by atoms with Crippen molar-refractivity contribution >= 4 is 75.1 Å². The largest absolute Gasteiger partial charge is 0.278 e. The van der Waals surface area contributed by atoms with E-state index in [9.17, 15) is 0 Å². The van der Waals surface area contributed by atoms with E-state index >= 15 is 0 Å². The highest BCUT2D eigenvalue weighted by atomic mass is 32.1. The van der Waals surface area contributed by atoms with Gasteiger partial charge in [0.2, 0.25) is 11.9 Å².